The summed E-state index contributed by atoms with van der Waals surface area (Å²) >= 11 is 1.33. The van der Waals surface area contributed by atoms with E-state index in [-0.39, 0.29) is 24.5 Å². The van der Waals surface area contributed by atoms with Gasteiger partial charge >= 0.3 is 0 Å². The Morgan fingerprint density at radius 2 is 2.03 bits per heavy atom. The normalized spacial score (nSPS) is 14.6. The van der Waals surface area contributed by atoms with Crippen LogP contribution in [0.5, 0.6) is 17.2 Å². The van der Waals surface area contributed by atoms with Crippen LogP contribution in [-0.4, -0.2) is 37.1 Å². The van der Waals surface area contributed by atoms with Crippen molar-refractivity contribution in [3.63, 3.8) is 0 Å². The molecule has 0 saturated carbocycles. The number of amides is 2. The molecule has 1 aliphatic heterocycles. The van der Waals surface area contributed by atoms with Gasteiger partial charge in [0.2, 0.25) is 5.91 Å². The van der Waals surface area contributed by atoms with E-state index in [2.05, 4.69) is 15.6 Å². The number of carbonyl (C=O) groups is 2. The second-order valence-corrected chi connectivity index (χ2v) is 8.03. The summed E-state index contributed by atoms with van der Waals surface area (Å²) in [6.07, 6.45) is 0.709. The first-order valence-corrected chi connectivity index (χ1v) is 11.0. The van der Waals surface area contributed by atoms with E-state index in [9.17, 15) is 9.59 Å². The Hall–Kier alpha value is -3.59. The van der Waals surface area contributed by atoms with E-state index in [1.165, 1.54) is 18.3 Å². The molecule has 166 valence electrons. The number of fused-ring (bicyclic) bond motifs is 1. The average Bonchev–Trinajstić information content (AvgIpc) is 3.26. The van der Waals surface area contributed by atoms with Crippen LogP contribution in [0.15, 0.2) is 47.8 Å². The van der Waals surface area contributed by atoms with Crippen molar-refractivity contribution in [3.8, 4) is 28.5 Å². The van der Waals surface area contributed by atoms with Gasteiger partial charge in [-0.05, 0) is 30.3 Å². The van der Waals surface area contributed by atoms with Gasteiger partial charge in [0.1, 0.15) is 5.75 Å². The van der Waals surface area contributed by atoms with Gasteiger partial charge in [-0.15, -0.1) is 11.3 Å². The van der Waals surface area contributed by atoms with Gasteiger partial charge < -0.3 is 19.5 Å². The fourth-order valence-electron chi connectivity index (χ4n) is 3.45. The lowest BCUT2D eigenvalue weighted by Crippen LogP contribution is -2.30. The lowest BCUT2D eigenvalue weighted by Gasteiger charge is -2.26. The Labute approximate surface area is 189 Å². The van der Waals surface area contributed by atoms with Crippen LogP contribution in [0.25, 0.3) is 11.3 Å². The molecular weight excluding hydrogens is 430 g/mol. The van der Waals surface area contributed by atoms with Crippen molar-refractivity contribution in [2.45, 2.75) is 19.4 Å². The third kappa shape index (κ3) is 5.00. The summed E-state index contributed by atoms with van der Waals surface area (Å²) in [6, 6.07) is 12.8. The highest BCUT2D eigenvalue weighted by Crippen LogP contribution is 2.36. The average molecular weight is 454 g/mol. The van der Waals surface area contributed by atoms with Crippen LogP contribution in [0, 0.1) is 0 Å². The fraction of sp³-hybridized carbons (Fsp3) is 0.261. The first-order valence-electron chi connectivity index (χ1n) is 10.1. The molecule has 1 aromatic heterocycles. The van der Waals surface area contributed by atoms with Crippen LogP contribution in [0.3, 0.4) is 0 Å². The van der Waals surface area contributed by atoms with E-state index in [1.54, 1.807) is 19.2 Å². The molecule has 1 atom stereocenters. The molecule has 2 N–H and O–H groups in total. The number of aromatic nitrogens is 1. The van der Waals surface area contributed by atoms with Crippen LogP contribution in [0.1, 0.15) is 24.9 Å². The van der Waals surface area contributed by atoms with Gasteiger partial charge in [-0.25, -0.2) is 4.98 Å². The Kier molecular flexibility index (Phi) is 6.55. The first-order chi connectivity index (χ1) is 15.5. The number of rotatable bonds is 7. The van der Waals surface area contributed by atoms with Crippen molar-refractivity contribution in [1.29, 1.82) is 0 Å². The number of hydrogen-bond donors (Lipinski definition) is 2. The van der Waals surface area contributed by atoms with Gasteiger partial charge in [-0.2, -0.15) is 0 Å². The standard InChI is InChI=1S/C23H23N3O5S/c1-14(27)24-17-9-10-30-19-8-7-15(11-16(17)19)18-13-32-23(25-18)26-22(28)12-31-21-6-4-3-5-20(21)29-2/h3-8,11,13,17H,9-10,12H2,1-2H3,(H,24,27)(H,25,26,28). The largest absolute Gasteiger partial charge is 0.493 e. The van der Waals surface area contributed by atoms with Gasteiger partial charge in [0.25, 0.3) is 5.91 Å². The number of anilines is 1. The zero-order chi connectivity index (χ0) is 22.5. The minimum absolute atomic E-state index is 0.0812. The predicted octanol–water partition coefficient (Wildman–Crippen LogP) is 3.80. The maximum absolute atomic E-state index is 12.3. The maximum Gasteiger partial charge on any atom is 0.264 e. The van der Waals surface area contributed by atoms with E-state index < -0.39 is 0 Å². The summed E-state index contributed by atoms with van der Waals surface area (Å²) in [6.45, 7) is 1.90. The van der Waals surface area contributed by atoms with Crippen molar-refractivity contribution in [2.75, 3.05) is 25.6 Å². The third-order valence-corrected chi connectivity index (χ3v) is 5.66. The number of benzene rings is 2. The van der Waals surface area contributed by atoms with Gasteiger partial charge in [0.05, 0.1) is 25.5 Å². The quantitative estimate of drug-likeness (QED) is 0.565. The van der Waals surface area contributed by atoms with Crippen LogP contribution in [-0.2, 0) is 9.59 Å². The number of carbonyl (C=O) groups excluding carboxylic acids is 2. The highest BCUT2D eigenvalue weighted by molar-refractivity contribution is 7.14. The molecule has 0 spiro atoms. The number of hydrogen-bond acceptors (Lipinski definition) is 7. The first kappa shape index (κ1) is 21.6. The molecule has 2 amide bonds. The molecule has 1 unspecified atom stereocenters. The van der Waals surface area contributed by atoms with Gasteiger partial charge in [-0.1, -0.05) is 12.1 Å². The third-order valence-electron chi connectivity index (χ3n) is 4.90. The SMILES string of the molecule is COc1ccccc1OCC(=O)Nc1nc(-c2ccc3c(c2)C(NC(C)=O)CCO3)cs1. The van der Waals surface area contributed by atoms with E-state index in [0.717, 1.165) is 22.6 Å². The van der Waals surface area contributed by atoms with E-state index >= 15 is 0 Å². The van der Waals surface area contributed by atoms with Gasteiger partial charge in [0.15, 0.2) is 23.2 Å². The molecule has 0 aliphatic carbocycles. The van der Waals surface area contributed by atoms with E-state index in [4.69, 9.17) is 14.2 Å². The molecule has 0 bridgehead atoms. The number of para-hydroxylation sites is 2. The minimum atomic E-state index is -0.318. The molecule has 0 fully saturated rings. The molecule has 0 radical (unpaired) electrons. The predicted molar refractivity (Wildman–Crippen MR) is 121 cm³/mol. The molecule has 0 saturated heterocycles. The number of nitrogens with one attached hydrogen (secondary N) is 2. The Balaban J connectivity index is 1.42. The number of ether oxygens (including phenoxy) is 3. The summed E-state index contributed by atoms with van der Waals surface area (Å²) in [4.78, 5) is 28.4. The summed E-state index contributed by atoms with van der Waals surface area (Å²) < 4.78 is 16.5. The minimum Gasteiger partial charge on any atom is -0.493 e. The fourth-order valence-corrected chi connectivity index (χ4v) is 4.19. The summed E-state index contributed by atoms with van der Waals surface area (Å²) in [7, 11) is 1.55. The molecule has 4 rings (SSSR count). The monoisotopic (exact) mass is 453 g/mol. The zero-order valence-electron chi connectivity index (χ0n) is 17.7. The molecule has 3 aromatic rings. The highest BCUT2D eigenvalue weighted by atomic mass is 32.1. The van der Waals surface area contributed by atoms with Crippen molar-refractivity contribution in [2.24, 2.45) is 0 Å². The van der Waals surface area contributed by atoms with Crippen LogP contribution in [0.4, 0.5) is 5.13 Å². The molecule has 2 heterocycles. The summed E-state index contributed by atoms with van der Waals surface area (Å²) in [5.74, 6) is 1.42. The van der Waals surface area contributed by atoms with Gasteiger partial charge in [-0.3, -0.25) is 14.9 Å². The molecule has 2 aromatic carbocycles. The van der Waals surface area contributed by atoms with Gasteiger partial charge in [0, 0.05) is 29.9 Å². The number of nitrogens with zero attached hydrogens (tertiary/aromatic N) is 1. The lowest BCUT2D eigenvalue weighted by molar-refractivity contribution is -0.120. The van der Waals surface area contributed by atoms with Crippen molar-refractivity contribution in [1.82, 2.24) is 10.3 Å². The molecule has 1 aliphatic rings. The van der Waals surface area contributed by atoms with Crippen LogP contribution < -0.4 is 24.8 Å². The Morgan fingerprint density at radius 1 is 1.22 bits per heavy atom. The molecule has 32 heavy (non-hydrogen) atoms. The lowest BCUT2D eigenvalue weighted by atomic mass is 9.97. The molecular formula is C23H23N3O5S. The zero-order valence-corrected chi connectivity index (χ0v) is 18.5. The Bertz CT molecular complexity index is 1130. The van der Waals surface area contributed by atoms with E-state index in [1.807, 2.05) is 35.7 Å². The van der Waals surface area contributed by atoms with Crippen LogP contribution >= 0.6 is 11.3 Å². The maximum atomic E-state index is 12.3. The smallest absolute Gasteiger partial charge is 0.264 e. The molecule has 8 nitrogen and oxygen atoms in total. The van der Waals surface area contributed by atoms with Crippen molar-refractivity contribution >= 4 is 28.3 Å². The van der Waals surface area contributed by atoms with Crippen molar-refractivity contribution < 1.29 is 23.8 Å². The second kappa shape index (κ2) is 9.69. The van der Waals surface area contributed by atoms with E-state index in [0.29, 0.717) is 29.7 Å². The second-order valence-electron chi connectivity index (χ2n) is 7.17. The number of thiazole rings is 1. The Morgan fingerprint density at radius 3 is 2.81 bits per heavy atom. The topological polar surface area (TPSA) is 98.8 Å². The summed E-state index contributed by atoms with van der Waals surface area (Å²) in [5, 5.41) is 8.07. The van der Waals surface area contributed by atoms with Crippen molar-refractivity contribution in [3.05, 3.63) is 53.4 Å². The van der Waals surface area contributed by atoms with Crippen LogP contribution in [0.2, 0.25) is 0 Å². The number of methoxy groups -OCH3 is 1. The molecule has 9 heteroatoms. The summed E-state index contributed by atoms with van der Waals surface area (Å²) in [5.41, 5.74) is 2.53. The highest BCUT2D eigenvalue weighted by Gasteiger charge is 2.23.